The topological polar surface area (TPSA) is 41.5 Å². The number of hydrogen-bond acceptors (Lipinski definition) is 3. The molecule has 2 N–H and O–H groups in total. The molecule has 2 aromatic rings. The highest BCUT2D eigenvalue weighted by Gasteiger charge is 2.31. The van der Waals surface area contributed by atoms with Crippen molar-refractivity contribution in [2.24, 2.45) is 0 Å². The van der Waals surface area contributed by atoms with E-state index in [9.17, 15) is 9.50 Å². The highest BCUT2D eigenvalue weighted by Crippen LogP contribution is 2.24. The summed E-state index contributed by atoms with van der Waals surface area (Å²) in [7, 11) is 0. The summed E-state index contributed by atoms with van der Waals surface area (Å²) >= 11 is 0. The second-order valence-electron chi connectivity index (χ2n) is 4.86. The molecule has 0 amide bonds. The Hall–Kier alpha value is -1.91. The lowest BCUT2D eigenvalue weighted by molar-refractivity contribution is 0.100. The second kappa shape index (κ2) is 7.20. The summed E-state index contributed by atoms with van der Waals surface area (Å²) < 4.78 is 19.3. The van der Waals surface area contributed by atoms with E-state index in [1.165, 1.54) is 6.07 Å². The maximum absolute atomic E-state index is 13.6. The lowest BCUT2D eigenvalue weighted by Gasteiger charge is -2.33. The maximum Gasteiger partial charge on any atom is 0.165 e. The van der Waals surface area contributed by atoms with E-state index in [0.29, 0.717) is 6.54 Å². The third kappa shape index (κ3) is 3.60. The Balaban J connectivity index is 2.23. The highest BCUT2D eigenvalue weighted by atomic mass is 19.1. The first-order chi connectivity index (χ1) is 10.2. The summed E-state index contributed by atoms with van der Waals surface area (Å²) in [6, 6.07) is 15.8. The van der Waals surface area contributed by atoms with E-state index in [4.69, 9.17) is 4.74 Å². The molecular formula is C17H20FNO2. The molecule has 1 unspecified atom stereocenters. The summed E-state index contributed by atoms with van der Waals surface area (Å²) in [4.78, 5) is 0. The van der Waals surface area contributed by atoms with Gasteiger partial charge < -0.3 is 15.2 Å². The van der Waals surface area contributed by atoms with Gasteiger partial charge in [0.1, 0.15) is 12.1 Å². The van der Waals surface area contributed by atoms with Crippen LogP contribution in [0.4, 0.5) is 4.39 Å². The van der Waals surface area contributed by atoms with Crippen LogP contribution in [0.25, 0.3) is 0 Å². The number of benzene rings is 2. The van der Waals surface area contributed by atoms with Crippen LogP contribution in [0, 0.1) is 5.82 Å². The molecule has 21 heavy (non-hydrogen) atoms. The van der Waals surface area contributed by atoms with E-state index in [1.807, 2.05) is 37.3 Å². The van der Waals surface area contributed by atoms with Gasteiger partial charge >= 0.3 is 0 Å². The van der Waals surface area contributed by atoms with Crippen molar-refractivity contribution in [1.82, 2.24) is 5.32 Å². The van der Waals surface area contributed by atoms with Gasteiger partial charge in [-0.15, -0.1) is 0 Å². The largest absolute Gasteiger partial charge is 0.488 e. The van der Waals surface area contributed by atoms with Gasteiger partial charge in [-0.05, 0) is 24.2 Å². The molecule has 4 heteroatoms. The summed E-state index contributed by atoms with van der Waals surface area (Å²) in [5, 5.41) is 13.1. The Kier molecular flexibility index (Phi) is 5.31. The zero-order valence-corrected chi connectivity index (χ0v) is 12.1. The van der Waals surface area contributed by atoms with Crippen LogP contribution in [0.3, 0.4) is 0 Å². The minimum Gasteiger partial charge on any atom is -0.488 e. The average molecular weight is 289 g/mol. The van der Waals surface area contributed by atoms with Crippen molar-refractivity contribution in [1.29, 1.82) is 0 Å². The van der Waals surface area contributed by atoms with Crippen molar-refractivity contribution in [2.45, 2.75) is 12.5 Å². The minimum absolute atomic E-state index is 0.140. The number of para-hydroxylation sites is 1. The normalized spacial score (nSPS) is 13.7. The standard InChI is InChI=1S/C17H20FNO2/c1-2-19-17(12-20,14-8-4-3-5-9-14)13-21-16-11-7-6-10-15(16)18/h3-11,19-20H,2,12-13H2,1H3. The molecule has 2 rings (SSSR count). The predicted octanol–water partition coefficient (Wildman–Crippen LogP) is 2.70. The van der Waals surface area contributed by atoms with Crippen molar-refractivity contribution in [3.05, 3.63) is 66.0 Å². The van der Waals surface area contributed by atoms with Gasteiger partial charge in [-0.3, -0.25) is 0 Å². The van der Waals surface area contributed by atoms with E-state index in [-0.39, 0.29) is 19.0 Å². The van der Waals surface area contributed by atoms with Crippen molar-refractivity contribution in [3.8, 4) is 5.75 Å². The molecule has 2 aromatic carbocycles. The minimum atomic E-state index is -0.752. The molecule has 0 saturated heterocycles. The smallest absolute Gasteiger partial charge is 0.165 e. The number of likely N-dealkylation sites (N-methyl/N-ethyl adjacent to an activating group) is 1. The first kappa shape index (κ1) is 15.5. The molecule has 0 fully saturated rings. The fourth-order valence-electron chi connectivity index (χ4n) is 2.29. The van der Waals surface area contributed by atoms with Crippen LogP contribution in [-0.2, 0) is 5.54 Å². The molecule has 0 aromatic heterocycles. The molecule has 112 valence electrons. The summed E-state index contributed by atoms with van der Waals surface area (Å²) in [5.41, 5.74) is 0.156. The van der Waals surface area contributed by atoms with E-state index in [0.717, 1.165) is 5.56 Å². The quantitative estimate of drug-likeness (QED) is 0.823. The van der Waals surface area contributed by atoms with Crippen molar-refractivity contribution >= 4 is 0 Å². The Labute approximate surface area is 124 Å². The van der Waals surface area contributed by atoms with Crippen molar-refractivity contribution < 1.29 is 14.2 Å². The van der Waals surface area contributed by atoms with E-state index in [2.05, 4.69) is 5.32 Å². The van der Waals surface area contributed by atoms with Gasteiger partial charge in [0.15, 0.2) is 11.6 Å². The van der Waals surface area contributed by atoms with E-state index in [1.54, 1.807) is 18.2 Å². The third-order valence-electron chi connectivity index (χ3n) is 3.42. The van der Waals surface area contributed by atoms with Gasteiger partial charge in [-0.1, -0.05) is 49.4 Å². The van der Waals surface area contributed by atoms with Gasteiger partial charge in [-0.2, -0.15) is 0 Å². The molecule has 1 atom stereocenters. The van der Waals surface area contributed by atoms with E-state index < -0.39 is 11.4 Å². The zero-order chi connectivity index (χ0) is 15.1. The summed E-state index contributed by atoms with van der Waals surface area (Å²) in [6.45, 7) is 2.62. The maximum atomic E-state index is 13.6. The number of aliphatic hydroxyl groups is 1. The van der Waals surface area contributed by atoms with Crippen LogP contribution < -0.4 is 10.1 Å². The fraction of sp³-hybridized carbons (Fsp3) is 0.294. The molecule has 0 saturated carbocycles. The molecule has 0 radical (unpaired) electrons. The molecule has 0 aliphatic carbocycles. The second-order valence-corrected chi connectivity index (χ2v) is 4.86. The van der Waals surface area contributed by atoms with Gasteiger partial charge in [0, 0.05) is 0 Å². The summed E-state index contributed by atoms with van der Waals surface area (Å²) in [5.74, 6) is -0.224. The Morgan fingerprint density at radius 1 is 1.10 bits per heavy atom. The van der Waals surface area contributed by atoms with Crippen LogP contribution in [0.15, 0.2) is 54.6 Å². The molecule has 0 bridgehead atoms. The monoisotopic (exact) mass is 289 g/mol. The molecule has 0 aliphatic rings. The number of hydrogen-bond donors (Lipinski definition) is 2. The molecular weight excluding hydrogens is 269 g/mol. The van der Waals surface area contributed by atoms with Gasteiger partial charge in [-0.25, -0.2) is 4.39 Å². The number of halogens is 1. The van der Waals surface area contributed by atoms with E-state index >= 15 is 0 Å². The highest BCUT2D eigenvalue weighted by molar-refractivity contribution is 5.27. The first-order valence-corrected chi connectivity index (χ1v) is 7.00. The number of nitrogens with one attached hydrogen (secondary N) is 1. The van der Waals surface area contributed by atoms with Crippen LogP contribution in [-0.4, -0.2) is 24.9 Å². The lowest BCUT2D eigenvalue weighted by atomic mass is 9.91. The zero-order valence-electron chi connectivity index (χ0n) is 12.1. The Morgan fingerprint density at radius 2 is 1.76 bits per heavy atom. The fourth-order valence-corrected chi connectivity index (χ4v) is 2.29. The third-order valence-corrected chi connectivity index (χ3v) is 3.42. The van der Waals surface area contributed by atoms with Crippen LogP contribution >= 0.6 is 0 Å². The van der Waals surface area contributed by atoms with Crippen LogP contribution in [0.5, 0.6) is 5.75 Å². The van der Waals surface area contributed by atoms with Crippen molar-refractivity contribution in [2.75, 3.05) is 19.8 Å². The van der Waals surface area contributed by atoms with Crippen LogP contribution in [0.2, 0.25) is 0 Å². The van der Waals surface area contributed by atoms with Crippen LogP contribution in [0.1, 0.15) is 12.5 Å². The molecule has 3 nitrogen and oxygen atoms in total. The SMILES string of the molecule is CCNC(CO)(COc1ccccc1F)c1ccccc1. The molecule has 0 spiro atoms. The number of aliphatic hydroxyl groups excluding tert-OH is 1. The Bertz CT molecular complexity index is 562. The predicted molar refractivity (Wildman–Crippen MR) is 80.8 cm³/mol. The lowest BCUT2D eigenvalue weighted by Crippen LogP contribution is -2.50. The first-order valence-electron chi connectivity index (χ1n) is 7.00. The van der Waals surface area contributed by atoms with Gasteiger partial charge in [0.25, 0.3) is 0 Å². The Morgan fingerprint density at radius 3 is 2.38 bits per heavy atom. The van der Waals surface area contributed by atoms with Gasteiger partial charge in [0.05, 0.1) is 6.61 Å². The van der Waals surface area contributed by atoms with Gasteiger partial charge in [0.2, 0.25) is 0 Å². The number of rotatable bonds is 7. The molecule has 0 heterocycles. The summed E-state index contributed by atoms with van der Waals surface area (Å²) in [6.07, 6.45) is 0. The number of ether oxygens (including phenoxy) is 1. The van der Waals surface area contributed by atoms with Crippen molar-refractivity contribution in [3.63, 3.8) is 0 Å². The average Bonchev–Trinajstić information content (AvgIpc) is 2.54. The molecule has 0 aliphatic heterocycles.